The van der Waals surface area contributed by atoms with Crippen molar-refractivity contribution in [1.29, 1.82) is 0 Å². The lowest BCUT2D eigenvalue weighted by molar-refractivity contribution is -0.384. The highest BCUT2D eigenvalue weighted by Crippen LogP contribution is 2.23. The van der Waals surface area contributed by atoms with Gasteiger partial charge in [0.25, 0.3) is 0 Å². The summed E-state index contributed by atoms with van der Waals surface area (Å²) < 4.78 is 0. The van der Waals surface area contributed by atoms with Crippen LogP contribution in [0.1, 0.15) is 16.8 Å². The predicted octanol–water partition coefficient (Wildman–Crippen LogP) is 1.94. The Morgan fingerprint density at radius 3 is 2.83 bits per heavy atom. The second kappa shape index (κ2) is 4.82. The molecule has 2 rings (SSSR count). The first-order valence-corrected chi connectivity index (χ1v) is 5.41. The van der Waals surface area contributed by atoms with Crippen LogP contribution in [-0.4, -0.2) is 20.1 Å². The molecule has 0 aliphatic heterocycles. The smallest absolute Gasteiger partial charge is 0.311 e. The highest BCUT2D eigenvalue weighted by molar-refractivity contribution is 5.56. The number of H-pyrrole nitrogens is 1. The maximum absolute atomic E-state index is 10.9. The number of hydrogen-bond donors (Lipinski definition) is 2. The lowest BCUT2D eigenvalue weighted by Crippen LogP contribution is -2.05. The van der Waals surface area contributed by atoms with Crippen LogP contribution in [-0.2, 0) is 6.54 Å². The zero-order valence-electron chi connectivity index (χ0n) is 10.1. The molecule has 0 aliphatic rings. The van der Waals surface area contributed by atoms with Gasteiger partial charge < -0.3 is 5.32 Å². The first-order chi connectivity index (χ1) is 8.58. The first-order valence-electron chi connectivity index (χ1n) is 5.41. The van der Waals surface area contributed by atoms with E-state index in [0.717, 1.165) is 16.8 Å². The predicted molar refractivity (Wildman–Crippen MR) is 66.3 cm³/mol. The van der Waals surface area contributed by atoms with E-state index in [1.807, 2.05) is 6.92 Å². The summed E-state index contributed by atoms with van der Waals surface area (Å²) in [5.41, 5.74) is 2.62. The van der Waals surface area contributed by atoms with E-state index in [-0.39, 0.29) is 11.5 Å². The van der Waals surface area contributed by atoms with Crippen LogP contribution >= 0.6 is 0 Å². The number of aromatic amines is 1. The molecule has 0 amide bonds. The molecule has 0 saturated carbocycles. The molecule has 0 radical (unpaired) electrons. The summed E-state index contributed by atoms with van der Waals surface area (Å²) in [5.74, 6) is 0.270. The van der Waals surface area contributed by atoms with Gasteiger partial charge in [-0.25, -0.2) is 4.98 Å². The Morgan fingerprint density at radius 1 is 1.44 bits per heavy atom. The van der Waals surface area contributed by atoms with E-state index in [1.54, 1.807) is 19.3 Å². The molecular weight excluding hydrogens is 234 g/mol. The topological polar surface area (TPSA) is 96.7 Å². The van der Waals surface area contributed by atoms with E-state index < -0.39 is 4.92 Å². The number of pyridine rings is 1. The number of nitrogens with one attached hydrogen (secondary N) is 2. The molecule has 2 aromatic rings. The van der Waals surface area contributed by atoms with Crippen molar-refractivity contribution in [2.75, 3.05) is 5.32 Å². The van der Waals surface area contributed by atoms with Crippen molar-refractivity contribution in [3.05, 3.63) is 45.4 Å². The molecule has 0 spiro atoms. The third-order valence-electron chi connectivity index (χ3n) is 2.58. The Labute approximate surface area is 103 Å². The SMILES string of the molecule is Cc1cnc(NCc2cn[nH]c2C)c([N+](=O)[O-])c1. The number of aromatic nitrogens is 3. The fourth-order valence-electron chi connectivity index (χ4n) is 1.56. The number of rotatable bonds is 4. The second-order valence-corrected chi connectivity index (χ2v) is 4.01. The standard InChI is InChI=1S/C11H13N5O2/c1-7-3-10(16(17)18)11(12-4-7)13-5-9-6-14-15-8(9)2/h3-4,6H,5H2,1-2H3,(H,12,13)(H,14,15). The van der Waals surface area contributed by atoms with Crippen molar-refractivity contribution in [2.45, 2.75) is 20.4 Å². The van der Waals surface area contributed by atoms with E-state index in [2.05, 4.69) is 20.5 Å². The second-order valence-electron chi connectivity index (χ2n) is 4.01. The number of nitrogens with zero attached hydrogens (tertiary/aromatic N) is 3. The Bertz CT molecular complexity index is 579. The van der Waals surface area contributed by atoms with Crippen molar-refractivity contribution in [1.82, 2.24) is 15.2 Å². The molecule has 18 heavy (non-hydrogen) atoms. The molecule has 0 atom stereocenters. The molecule has 7 nitrogen and oxygen atoms in total. The van der Waals surface area contributed by atoms with Crippen molar-refractivity contribution in [3.63, 3.8) is 0 Å². The number of hydrogen-bond acceptors (Lipinski definition) is 5. The molecule has 7 heteroatoms. The van der Waals surface area contributed by atoms with E-state index in [4.69, 9.17) is 0 Å². The van der Waals surface area contributed by atoms with Gasteiger partial charge in [-0.2, -0.15) is 5.10 Å². The van der Waals surface area contributed by atoms with Gasteiger partial charge in [-0.15, -0.1) is 0 Å². The van der Waals surface area contributed by atoms with E-state index in [1.165, 1.54) is 6.07 Å². The minimum Gasteiger partial charge on any atom is -0.360 e. The van der Waals surface area contributed by atoms with Crippen LogP contribution in [0.5, 0.6) is 0 Å². The molecule has 0 bridgehead atoms. The molecule has 2 heterocycles. The van der Waals surface area contributed by atoms with Crippen molar-refractivity contribution < 1.29 is 4.92 Å². The molecule has 2 aromatic heterocycles. The fourth-order valence-corrected chi connectivity index (χ4v) is 1.56. The molecule has 0 saturated heterocycles. The number of aryl methyl sites for hydroxylation is 2. The average molecular weight is 247 g/mol. The minimum absolute atomic E-state index is 0.0175. The van der Waals surface area contributed by atoms with Crippen LogP contribution < -0.4 is 5.32 Å². The van der Waals surface area contributed by atoms with Crippen molar-refractivity contribution in [3.8, 4) is 0 Å². The zero-order chi connectivity index (χ0) is 13.1. The largest absolute Gasteiger partial charge is 0.360 e. The number of nitro groups is 1. The Kier molecular flexibility index (Phi) is 3.22. The van der Waals surface area contributed by atoms with Crippen molar-refractivity contribution in [2.24, 2.45) is 0 Å². The monoisotopic (exact) mass is 247 g/mol. The maximum atomic E-state index is 10.9. The molecule has 0 fully saturated rings. The van der Waals surface area contributed by atoms with Crippen LogP contribution in [0.15, 0.2) is 18.5 Å². The van der Waals surface area contributed by atoms with Gasteiger partial charge in [0.2, 0.25) is 5.82 Å². The third-order valence-corrected chi connectivity index (χ3v) is 2.58. The summed E-state index contributed by atoms with van der Waals surface area (Å²) in [4.78, 5) is 14.5. The van der Waals surface area contributed by atoms with Gasteiger partial charge in [0, 0.05) is 30.1 Å². The summed E-state index contributed by atoms with van der Waals surface area (Å²) in [6.45, 7) is 4.10. The Hall–Kier alpha value is -2.44. The lowest BCUT2D eigenvalue weighted by Gasteiger charge is -2.05. The normalized spacial score (nSPS) is 10.3. The molecule has 2 N–H and O–H groups in total. The highest BCUT2D eigenvalue weighted by Gasteiger charge is 2.15. The van der Waals surface area contributed by atoms with Gasteiger partial charge in [-0.05, 0) is 19.4 Å². The van der Waals surface area contributed by atoms with Crippen LogP contribution in [0, 0.1) is 24.0 Å². The molecule has 94 valence electrons. The summed E-state index contributed by atoms with van der Waals surface area (Å²) in [5, 5.41) is 20.6. The first kappa shape index (κ1) is 12.0. The van der Waals surface area contributed by atoms with Gasteiger partial charge in [-0.1, -0.05) is 0 Å². The van der Waals surface area contributed by atoms with E-state index in [9.17, 15) is 10.1 Å². The molecule has 0 unspecified atom stereocenters. The van der Waals surface area contributed by atoms with Gasteiger partial charge in [0.05, 0.1) is 11.1 Å². The number of anilines is 1. The summed E-state index contributed by atoms with van der Waals surface area (Å²) in [6.07, 6.45) is 3.28. The van der Waals surface area contributed by atoms with Crippen LogP contribution in [0.3, 0.4) is 0 Å². The highest BCUT2D eigenvalue weighted by atomic mass is 16.6. The molecule has 0 aromatic carbocycles. The van der Waals surface area contributed by atoms with Crippen LogP contribution in [0.25, 0.3) is 0 Å². The van der Waals surface area contributed by atoms with Crippen LogP contribution in [0.4, 0.5) is 11.5 Å². The molecule has 0 aliphatic carbocycles. The average Bonchev–Trinajstić information content (AvgIpc) is 2.73. The van der Waals surface area contributed by atoms with Gasteiger partial charge in [0.15, 0.2) is 0 Å². The quantitative estimate of drug-likeness (QED) is 0.635. The Morgan fingerprint density at radius 2 is 2.22 bits per heavy atom. The van der Waals surface area contributed by atoms with Crippen LogP contribution in [0.2, 0.25) is 0 Å². The summed E-state index contributed by atoms with van der Waals surface area (Å²) in [6, 6.07) is 1.50. The van der Waals surface area contributed by atoms with Gasteiger partial charge in [-0.3, -0.25) is 15.2 Å². The summed E-state index contributed by atoms with van der Waals surface area (Å²) >= 11 is 0. The van der Waals surface area contributed by atoms with E-state index >= 15 is 0 Å². The minimum atomic E-state index is -0.440. The van der Waals surface area contributed by atoms with Gasteiger partial charge in [0.1, 0.15) is 0 Å². The Balaban J connectivity index is 2.19. The lowest BCUT2D eigenvalue weighted by atomic mass is 10.2. The van der Waals surface area contributed by atoms with E-state index in [0.29, 0.717) is 6.54 Å². The fraction of sp³-hybridized carbons (Fsp3) is 0.273. The zero-order valence-corrected chi connectivity index (χ0v) is 10.1. The van der Waals surface area contributed by atoms with Crippen molar-refractivity contribution >= 4 is 11.5 Å². The third kappa shape index (κ3) is 2.45. The summed E-state index contributed by atoms with van der Waals surface area (Å²) in [7, 11) is 0. The maximum Gasteiger partial charge on any atom is 0.311 e. The van der Waals surface area contributed by atoms with Gasteiger partial charge >= 0.3 is 5.69 Å². The molecular formula is C11H13N5O2.